The van der Waals surface area contributed by atoms with Crippen LogP contribution in [0.3, 0.4) is 0 Å². The fraction of sp³-hybridized carbons (Fsp3) is 0.824. The lowest BCUT2D eigenvalue weighted by atomic mass is 10.2. The Labute approximate surface area is 148 Å². The van der Waals surface area contributed by atoms with Gasteiger partial charge in [0, 0.05) is 38.8 Å². The zero-order valence-corrected chi connectivity index (χ0v) is 15.3. The van der Waals surface area contributed by atoms with Crippen LogP contribution < -0.4 is 5.32 Å². The molecule has 0 bridgehead atoms. The third kappa shape index (κ3) is 5.67. The predicted molar refractivity (Wildman–Crippen MR) is 90.8 cm³/mol. The Morgan fingerprint density at radius 1 is 1.12 bits per heavy atom. The van der Waals surface area contributed by atoms with Gasteiger partial charge in [-0.05, 0) is 33.6 Å². The van der Waals surface area contributed by atoms with E-state index in [9.17, 15) is 14.4 Å². The van der Waals surface area contributed by atoms with E-state index in [0.717, 1.165) is 19.4 Å². The number of ether oxygens (including phenoxy) is 2. The van der Waals surface area contributed by atoms with Gasteiger partial charge < -0.3 is 24.6 Å². The highest BCUT2D eigenvalue weighted by Crippen LogP contribution is 2.14. The molecule has 2 rings (SSSR count). The van der Waals surface area contributed by atoms with Crippen LogP contribution in [0.5, 0.6) is 0 Å². The minimum Gasteiger partial charge on any atom is -0.376 e. The quantitative estimate of drug-likeness (QED) is 0.688. The maximum absolute atomic E-state index is 12.4. The van der Waals surface area contributed by atoms with Gasteiger partial charge in [0.1, 0.15) is 6.10 Å². The molecule has 0 aliphatic carbocycles. The van der Waals surface area contributed by atoms with Gasteiger partial charge in [-0.15, -0.1) is 0 Å². The van der Waals surface area contributed by atoms with Crippen molar-refractivity contribution in [1.29, 1.82) is 0 Å². The van der Waals surface area contributed by atoms with Gasteiger partial charge in [0.2, 0.25) is 0 Å². The van der Waals surface area contributed by atoms with Crippen molar-refractivity contribution in [2.24, 2.45) is 0 Å². The summed E-state index contributed by atoms with van der Waals surface area (Å²) in [5.74, 6) is -1.22. The number of hydrogen-bond acceptors (Lipinski definition) is 5. The highest BCUT2D eigenvalue weighted by Gasteiger charge is 2.30. The predicted octanol–water partition coefficient (Wildman–Crippen LogP) is -0.234. The van der Waals surface area contributed by atoms with Crippen molar-refractivity contribution < 1.29 is 23.9 Å². The molecule has 0 aromatic rings. The number of carbonyl (C=O) groups excluding carboxylic acids is 3. The molecule has 8 nitrogen and oxygen atoms in total. The second-order valence-corrected chi connectivity index (χ2v) is 6.86. The number of nitrogens with one attached hydrogen (secondary N) is 1. The molecule has 0 spiro atoms. The summed E-state index contributed by atoms with van der Waals surface area (Å²) in [6.45, 7) is 8.07. The first-order valence-corrected chi connectivity index (χ1v) is 9.00. The monoisotopic (exact) mass is 355 g/mol. The third-order valence-corrected chi connectivity index (χ3v) is 4.40. The van der Waals surface area contributed by atoms with Gasteiger partial charge in [0.25, 0.3) is 5.91 Å². The molecule has 2 aliphatic heterocycles. The Hall–Kier alpha value is -1.67. The Bertz CT molecular complexity index is 483. The maximum Gasteiger partial charge on any atom is 0.312 e. The number of carbonyl (C=O) groups is 3. The molecule has 0 aromatic heterocycles. The van der Waals surface area contributed by atoms with Crippen LogP contribution in [0.4, 0.5) is 0 Å². The van der Waals surface area contributed by atoms with Crippen LogP contribution in [0.1, 0.15) is 33.6 Å². The number of amides is 3. The molecule has 2 unspecified atom stereocenters. The summed E-state index contributed by atoms with van der Waals surface area (Å²) in [6, 6.07) is -0.0823. The van der Waals surface area contributed by atoms with Crippen molar-refractivity contribution in [2.45, 2.75) is 51.9 Å². The van der Waals surface area contributed by atoms with Crippen LogP contribution in [-0.2, 0) is 23.9 Å². The average molecular weight is 355 g/mol. The molecule has 0 aromatic carbocycles. The number of rotatable bonds is 5. The number of hydrogen-bond donors (Lipinski definition) is 1. The van der Waals surface area contributed by atoms with E-state index in [4.69, 9.17) is 9.47 Å². The van der Waals surface area contributed by atoms with Crippen molar-refractivity contribution in [3.05, 3.63) is 0 Å². The van der Waals surface area contributed by atoms with Crippen molar-refractivity contribution in [3.8, 4) is 0 Å². The molecule has 3 amide bonds. The SMILES string of the molecule is CC(C)NC(=O)C(=O)N1CCN(C(=O)C(C)OCC2CCCO2)CC1. The van der Waals surface area contributed by atoms with Crippen LogP contribution in [0.25, 0.3) is 0 Å². The van der Waals surface area contributed by atoms with Crippen LogP contribution in [0.2, 0.25) is 0 Å². The van der Waals surface area contributed by atoms with Gasteiger partial charge in [-0.2, -0.15) is 0 Å². The van der Waals surface area contributed by atoms with E-state index in [1.165, 1.54) is 4.90 Å². The summed E-state index contributed by atoms with van der Waals surface area (Å²) in [7, 11) is 0. The summed E-state index contributed by atoms with van der Waals surface area (Å²) in [4.78, 5) is 39.4. The topological polar surface area (TPSA) is 88.2 Å². The smallest absolute Gasteiger partial charge is 0.312 e. The Morgan fingerprint density at radius 3 is 2.32 bits per heavy atom. The Morgan fingerprint density at radius 2 is 1.76 bits per heavy atom. The first-order valence-electron chi connectivity index (χ1n) is 9.00. The van der Waals surface area contributed by atoms with Gasteiger partial charge in [0.15, 0.2) is 0 Å². The molecule has 142 valence electrons. The normalized spacial score (nSPS) is 22.2. The zero-order chi connectivity index (χ0) is 18.4. The molecular formula is C17H29N3O5. The fourth-order valence-corrected chi connectivity index (χ4v) is 2.95. The largest absolute Gasteiger partial charge is 0.376 e. The molecule has 8 heteroatoms. The third-order valence-electron chi connectivity index (χ3n) is 4.40. The van der Waals surface area contributed by atoms with Crippen LogP contribution in [0.15, 0.2) is 0 Å². The fourth-order valence-electron chi connectivity index (χ4n) is 2.95. The first-order chi connectivity index (χ1) is 11.9. The molecule has 0 saturated carbocycles. The summed E-state index contributed by atoms with van der Waals surface area (Å²) in [6.07, 6.45) is 1.57. The summed E-state index contributed by atoms with van der Waals surface area (Å²) in [5, 5.41) is 2.59. The van der Waals surface area contributed by atoms with E-state index in [0.29, 0.717) is 32.8 Å². The highest BCUT2D eigenvalue weighted by atomic mass is 16.5. The molecule has 25 heavy (non-hydrogen) atoms. The average Bonchev–Trinajstić information content (AvgIpc) is 3.11. The Balaban J connectivity index is 1.73. The van der Waals surface area contributed by atoms with Gasteiger partial charge >= 0.3 is 11.8 Å². The van der Waals surface area contributed by atoms with Crippen molar-refractivity contribution >= 4 is 17.7 Å². The lowest BCUT2D eigenvalue weighted by molar-refractivity contribution is -0.152. The molecule has 1 N–H and O–H groups in total. The molecule has 2 heterocycles. The molecular weight excluding hydrogens is 326 g/mol. The van der Waals surface area contributed by atoms with Crippen molar-refractivity contribution in [2.75, 3.05) is 39.4 Å². The molecule has 2 saturated heterocycles. The minimum atomic E-state index is -0.594. The highest BCUT2D eigenvalue weighted by molar-refractivity contribution is 6.35. The standard InChI is InChI=1S/C17H29N3O5/c1-12(2)18-15(21)17(23)20-8-6-19(7-9-20)16(22)13(3)25-11-14-5-4-10-24-14/h12-14H,4-11H2,1-3H3,(H,18,21). The molecule has 2 atom stereocenters. The van der Waals surface area contributed by atoms with Crippen LogP contribution in [0, 0.1) is 0 Å². The maximum atomic E-state index is 12.4. The van der Waals surface area contributed by atoms with Gasteiger partial charge in [-0.25, -0.2) is 0 Å². The number of nitrogens with zero attached hydrogens (tertiary/aromatic N) is 2. The summed E-state index contributed by atoms with van der Waals surface area (Å²) >= 11 is 0. The Kier molecular flexibility index (Phi) is 7.19. The summed E-state index contributed by atoms with van der Waals surface area (Å²) in [5.41, 5.74) is 0. The lowest BCUT2D eigenvalue weighted by Crippen LogP contribution is -2.55. The second-order valence-electron chi connectivity index (χ2n) is 6.86. The summed E-state index contributed by atoms with van der Waals surface area (Å²) < 4.78 is 11.1. The van der Waals surface area contributed by atoms with E-state index in [2.05, 4.69) is 5.32 Å². The lowest BCUT2D eigenvalue weighted by Gasteiger charge is -2.35. The molecule has 0 radical (unpaired) electrons. The van der Waals surface area contributed by atoms with Crippen LogP contribution in [-0.4, -0.2) is 85.2 Å². The van der Waals surface area contributed by atoms with Crippen molar-refractivity contribution in [3.63, 3.8) is 0 Å². The van der Waals surface area contributed by atoms with E-state index in [-0.39, 0.29) is 18.1 Å². The van der Waals surface area contributed by atoms with E-state index < -0.39 is 17.9 Å². The van der Waals surface area contributed by atoms with E-state index >= 15 is 0 Å². The van der Waals surface area contributed by atoms with Crippen molar-refractivity contribution in [1.82, 2.24) is 15.1 Å². The first kappa shape index (κ1) is 19.7. The van der Waals surface area contributed by atoms with Crippen LogP contribution >= 0.6 is 0 Å². The number of piperazine rings is 1. The van der Waals surface area contributed by atoms with Gasteiger partial charge in [-0.1, -0.05) is 0 Å². The minimum absolute atomic E-state index is 0.0823. The zero-order valence-electron chi connectivity index (χ0n) is 15.3. The molecule has 2 fully saturated rings. The van der Waals surface area contributed by atoms with Gasteiger partial charge in [-0.3, -0.25) is 14.4 Å². The second kappa shape index (κ2) is 9.15. The van der Waals surface area contributed by atoms with Gasteiger partial charge in [0.05, 0.1) is 12.7 Å². The van der Waals surface area contributed by atoms with E-state index in [1.807, 2.05) is 0 Å². The van der Waals surface area contributed by atoms with E-state index in [1.54, 1.807) is 25.7 Å². The molecule has 2 aliphatic rings.